The van der Waals surface area contributed by atoms with Gasteiger partial charge in [0, 0.05) is 5.41 Å². The highest BCUT2D eigenvalue weighted by atomic mass is 32.1. The first kappa shape index (κ1) is 8.43. The SMILES string of the molecule is CC(C)(C)c1nnc2sc(=O)[nH]n12. The van der Waals surface area contributed by atoms with Crippen molar-refractivity contribution in [2.45, 2.75) is 26.2 Å². The molecule has 2 aromatic heterocycles. The third-order valence-electron chi connectivity index (χ3n) is 1.69. The van der Waals surface area contributed by atoms with Crippen LogP contribution in [0.4, 0.5) is 0 Å². The van der Waals surface area contributed by atoms with Crippen molar-refractivity contribution in [1.29, 1.82) is 0 Å². The molecule has 5 nitrogen and oxygen atoms in total. The Morgan fingerprint density at radius 3 is 2.69 bits per heavy atom. The minimum absolute atomic E-state index is 0.101. The van der Waals surface area contributed by atoms with Gasteiger partial charge in [0.1, 0.15) is 0 Å². The lowest BCUT2D eigenvalue weighted by molar-refractivity contribution is 0.527. The minimum atomic E-state index is -0.108. The van der Waals surface area contributed by atoms with Crippen molar-refractivity contribution in [2.24, 2.45) is 0 Å². The Balaban J connectivity index is 2.77. The molecule has 6 heteroatoms. The summed E-state index contributed by atoms with van der Waals surface area (Å²) in [4.78, 5) is 11.5. The van der Waals surface area contributed by atoms with Crippen molar-refractivity contribution in [1.82, 2.24) is 19.8 Å². The van der Waals surface area contributed by atoms with E-state index < -0.39 is 0 Å². The van der Waals surface area contributed by atoms with Gasteiger partial charge >= 0.3 is 4.87 Å². The lowest BCUT2D eigenvalue weighted by Gasteiger charge is -2.13. The van der Waals surface area contributed by atoms with Gasteiger partial charge in [-0.15, -0.1) is 10.2 Å². The van der Waals surface area contributed by atoms with Crippen molar-refractivity contribution in [3.8, 4) is 0 Å². The number of hydrogen-bond donors (Lipinski definition) is 1. The van der Waals surface area contributed by atoms with Crippen LogP contribution in [0.25, 0.3) is 4.96 Å². The third kappa shape index (κ3) is 1.27. The Morgan fingerprint density at radius 2 is 2.08 bits per heavy atom. The maximum atomic E-state index is 11.0. The highest BCUT2D eigenvalue weighted by molar-refractivity contribution is 7.14. The molecule has 1 N–H and O–H groups in total. The number of aromatic amines is 1. The summed E-state index contributed by atoms with van der Waals surface area (Å²) in [7, 11) is 0. The van der Waals surface area contributed by atoms with Gasteiger partial charge in [0.25, 0.3) is 0 Å². The number of nitrogens with zero attached hydrogens (tertiary/aromatic N) is 3. The van der Waals surface area contributed by atoms with Gasteiger partial charge in [-0.2, -0.15) is 0 Å². The summed E-state index contributed by atoms with van der Waals surface area (Å²) in [6, 6.07) is 0. The summed E-state index contributed by atoms with van der Waals surface area (Å²) >= 11 is 1.07. The van der Waals surface area contributed by atoms with E-state index in [9.17, 15) is 4.79 Å². The molecule has 0 aromatic carbocycles. The summed E-state index contributed by atoms with van der Waals surface area (Å²) in [5.74, 6) is 0.779. The lowest BCUT2D eigenvalue weighted by Crippen LogP contribution is -2.17. The molecule has 0 amide bonds. The van der Waals surface area contributed by atoms with Crippen molar-refractivity contribution < 1.29 is 0 Å². The van der Waals surface area contributed by atoms with Crippen LogP contribution in [0.2, 0.25) is 0 Å². The van der Waals surface area contributed by atoms with E-state index in [-0.39, 0.29) is 10.3 Å². The second-order valence-corrected chi connectivity index (χ2v) is 4.83. The number of fused-ring (bicyclic) bond motifs is 1. The summed E-state index contributed by atoms with van der Waals surface area (Å²) < 4.78 is 1.65. The fourth-order valence-corrected chi connectivity index (χ4v) is 1.73. The van der Waals surface area contributed by atoms with Crippen molar-refractivity contribution in [3.05, 3.63) is 15.5 Å². The van der Waals surface area contributed by atoms with Crippen LogP contribution >= 0.6 is 11.3 Å². The van der Waals surface area contributed by atoms with Gasteiger partial charge in [0.15, 0.2) is 5.82 Å². The van der Waals surface area contributed by atoms with Crippen LogP contribution in [0.15, 0.2) is 4.79 Å². The maximum Gasteiger partial charge on any atom is 0.322 e. The number of rotatable bonds is 0. The molecule has 0 aliphatic carbocycles. The zero-order chi connectivity index (χ0) is 9.64. The van der Waals surface area contributed by atoms with Gasteiger partial charge in [-0.3, -0.25) is 4.79 Å². The highest BCUT2D eigenvalue weighted by Crippen LogP contribution is 2.20. The molecule has 0 atom stereocenters. The van der Waals surface area contributed by atoms with Crippen LogP contribution in [-0.4, -0.2) is 19.8 Å². The molecule has 0 radical (unpaired) electrons. The van der Waals surface area contributed by atoms with Gasteiger partial charge in [-0.05, 0) is 11.3 Å². The predicted molar refractivity (Wildman–Crippen MR) is 50.2 cm³/mol. The van der Waals surface area contributed by atoms with Crippen molar-refractivity contribution in [3.63, 3.8) is 0 Å². The lowest BCUT2D eigenvalue weighted by atomic mass is 9.96. The minimum Gasteiger partial charge on any atom is -0.255 e. The van der Waals surface area contributed by atoms with Gasteiger partial charge in [0.05, 0.1) is 0 Å². The van der Waals surface area contributed by atoms with E-state index in [2.05, 4.69) is 15.3 Å². The molecule has 70 valence electrons. The van der Waals surface area contributed by atoms with E-state index in [1.807, 2.05) is 20.8 Å². The Labute approximate surface area is 78.4 Å². The van der Waals surface area contributed by atoms with Crippen LogP contribution in [0.5, 0.6) is 0 Å². The quantitative estimate of drug-likeness (QED) is 0.680. The van der Waals surface area contributed by atoms with Crippen LogP contribution in [0.3, 0.4) is 0 Å². The van der Waals surface area contributed by atoms with Crippen LogP contribution in [0.1, 0.15) is 26.6 Å². The molecule has 0 fully saturated rings. The van der Waals surface area contributed by atoms with E-state index >= 15 is 0 Å². The Bertz CT molecular complexity index is 486. The first-order valence-electron chi connectivity index (χ1n) is 3.93. The molecule has 0 saturated carbocycles. The van der Waals surface area contributed by atoms with Crippen LogP contribution in [0, 0.1) is 0 Å². The second-order valence-electron chi connectivity index (χ2n) is 3.89. The fraction of sp³-hybridized carbons (Fsp3) is 0.571. The number of aromatic nitrogens is 4. The first-order valence-corrected chi connectivity index (χ1v) is 4.75. The van der Waals surface area contributed by atoms with Gasteiger partial charge in [-0.25, -0.2) is 9.61 Å². The predicted octanol–water partition coefficient (Wildman–Crippen LogP) is 0.777. The molecule has 0 bridgehead atoms. The van der Waals surface area contributed by atoms with E-state index in [1.165, 1.54) is 0 Å². The molecule has 0 aliphatic rings. The number of hydrogen-bond acceptors (Lipinski definition) is 4. The molecule has 0 aliphatic heterocycles. The summed E-state index contributed by atoms with van der Waals surface area (Å²) in [6.07, 6.45) is 0. The number of nitrogens with one attached hydrogen (secondary N) is 1. The Morgan fingerprint density at radius 1 is 1.38 bits per heavy atom. The van der Waals surface area contributed by atoms with Crippen LogP contribution < -0.4 is 4.87 Å². The average molecular weight is 198 g/mol. The fourth-order valence-electron chi connectivity index (χ4n) is 1.12. The summed E-state index contributed by atoms with van der Waals surface area (Å²) in [5, 5.41) is 10.6. The van der Waals surface area contributed by atoms with Gasteiger partial charge in [0.2, 0.25) is 4.96 Å². The molecule has 0 unspecified atom stereocenters. The third-order valence-corrected chi connectivity index (χ3v) is 2.41. The molecular weight excluding hydrogens is 188 g/mol. The van der Waals surface area contributed by atoms with Gasteiger partial charge < -0.3 is 0 Å². The zero-order valence-corrected chi connectivity index (χ0v) is 8.47. The van der Waals surface area contributed by atoms with E-state index in [4.69, 9.17) is 0 Å². The smallest absolute Gasteiger partial charge is 0.255 e. The highest BCUT2D eigenvalue weighted by Gasteiger charge is 2.22. The zero-order valence-electron chi connectivity index (χ0n) is 7.66. The topological polar surface area (TPSA) is 63.0 Å². The largest absolute Gasteiger partial charge is 0.322 e. The normalized spacial score (nSPS) is 12.5. The Hall–Kier alpha value is -1.17. The molecule has 2 heterocycles. The molecule has 2 aromatic rings. The summed E-state index contributed by atoms with van der Waals surface area (Å²) in [6.45, 7) is 6.08. The molecule has 2 rings (SSSR count). The number of H-pyrrole nitrogens is 1. The van der Waals surface area contributed by atoms with Crippen molar-refractivity contribution >= 4 is 16.3 Å². The molecule has 13 heavy (non-hydrogen) atoms. The second kappa shape index (κ2) is 2.41. The summed E-state index contributed by atoms with van der Waals surface area (Å²) in [5.41, 5.74) is -0.108. The molecular formula is C7H10N4OS. The van der Waals surface area contributed by atoms with E-state index in [0.29, 0.717) is 4.96 Å². The standard InChI is InChI=1S/C7H10N4OS/c1-7(2,3)4-8-9-5-11(4)10-6(12)13-5/h1-3H3,(H,10,12). The van der Waals surface area contributed by atoms with Gasteiger partial charge in [-0.1, -0.05) is 20.8 Å². The molecule has 0 saturated heterocycles. The Kier molecular flexibility index (Phi) is 1.56. The van der Waals surface area contributed by atoms with Crippen LogP contribution in [-0.2, 0) is 5.41 Å². The maximum absolute atomic E-state index is 11.0. The average Bonchev–Trinajstić information content (AvgIpc) is 2.41. The van der Waals surface area contributed by atoms with Crippen molar-refractivity contribution in [2.75, 3.05) is 0 Å². The van der Waals surface area contributed by atoms with E-state index in [0.717, 1.165) is 17.2 Å². The van der Waals surface area contributed by atoms with E-state index in [1.54, 1.807) is 4.52 Å². The first-order chi connectivity index (χ1) is 5.98. The monoisotopic (exact) mass is 198 g/mol. The molecule has 0 spiro atoms.